The zero-order valence-corrected chi connectivity index (χ0v) is 18.4. The largest absolute Gasteiger partial charge is 0.368 e. The Balaban J connectivity index is 1.72. The molecule has 0 bridgehead atoms. The summed E-state index contributed by atoms with van der Waals surface area (Å²) in [7, 11) is 2.14. The number of hydrogen-bond donors (Lipinski definition) is 1. The van der Waals surface area contributed by atoms with Crippen LogP contribution in [0.15, 0.2) is 40.1 Å². The molecule has 1 N–H and O–H groups in total. The third kappa shape index (κ3) is 5.28. The van der Waals surface area contributed by atoms with Crippen LogP contribution in [0.4, 0.5) is 11.5 Å². The number of aromatic nitrogens is 2. The Morgan fingerprint density at radius 1 is 1.33 bits per heavy atom. The van der Waals surface area contributed by atoms with E-state index >= 15 is 0 Å². The number of anilines is 2. The number of allylic oxidation sites excluding steroid dienone is 1. The van der Waals surface area contributed by atoms with Crippen LogP contribution >= 0.6 is 11.3 Å². The standard InChI is InChI=1S/C21H26N8S/c1-15-21(30-16(2)27-15)20(17(11-22)12-23-3)26-14-25-19-6-5-18(13-24-19)29-9-7-28(4)8-10-29/h5-6,12-13H,3,7-10,14H2,1-2,4H3,(H,24,25)/b17-12-,26-20+. The van der Waals surface area contributed by atoms with Crippen molar-refractivity contribution in [2.24, 2.45) is 9.98 Å². The fraction of sp³-hybridized carbons (Fsp3) is 0.381. The van der Waals surface area contributed by atoms with Gasteiger partial charge in [-0.2, -0.15) is 5.26 Å². The summed E-state index contributed by atoms with van der Waals surface area (Å²) < 4.78 is 0. The third-order valence-corrected chi connectivity index (χ3v) is 5.91. The minimum Gasteiger partial charge on any atom is -0.368 e. The van der Waals surface area contributed by atoms with E-state index in [1.165, 1.54) is 17.5 Å². The average molecular weight is 423 g/mol. The summed E-state index contributed by atoms with van der Waals surface area (Å²) in [4.78, 5) is 22.9. The average Bonchev–Trinajstić information content (AvgIpc) is 3.08. The van der Waals surface area contributed by atoms with Crippen LogP contribution in [0.5, 0.6) is 0 Å². The second-order valence-electron chi connectivity index (χ2n) is 7.02. The smallest absolute Gasteiger partial charge is 0.127 e. The van der Waals surface area contributed by atoms with Gasteiger partial charge in [0.2, 0.25) is 0 Å². The summed E-state index contributed by atoms with van der Waals surface area (Å²) in [5.41, 5.74) is 2.89. The molecule has 1 aliphatic rings. The lowest BCUT2D eigenvalue weighted by atomic mass is 10.1. The maximum atomic E-state index is 9.53. The van der Waals surface area contributed by atoms with Crippen LogP contribution in [-0.4, -0.2) is 67.2 Å². The summed E-state index contributed by atoms with van der Waals surface area (Å²) in [6.07, 6.45) is 3.31. The number of likely N-dealkylation sites (N-methyl/N-ethyl adjacent to an activating group) is 1. The van der Waals surface area contributed by atoms with E-state index in [1.807, 2.05) is 26.1 Å². The summed E-state index contributed by atoms with van der Waals surface area (Å²) in [5, 5.41) is 13.7. The summed E-state index contributed by atoms with van der Waals surface area (Å²) in [6.45, 7) is 11.7. The van der Waals surface area contributed by atoms with Crippen molar-refractivity contribution in [3.8, 4) is 6.07 Å². The number of hydrogen-bond acceptors (Lipinski definition) is 9. The predicted octanol–water partition coefficient (Wildman–Crippen LogP) is 2.87. The highest BCUT2D eigenvalue weighted by atomic mass is 32.1. The number of thiazole rings is 1. The highest BCUT2D eigenvalue weighted by molar-refractivity contribution is 7.14. The van der Waals surface area contributed by atoms with Crippen LogP contribution in [0, 0.1) is 25.2 Å². The lowest BCUT2D eigenvalue weighted by Crippen LogP contribution is -2.44. The first-order chi connectivity index (χ1) is 14.5. The molecule has 0 radical (unpaired) electrons. The number of nitrogens with one attached hydrogen (secondary N) is 1. The van der Waals surface area contributed by atoms with Crippen molar-refractivity contribution in [1.82, 2.24) is 14.9 Å². The van der Waals surface area contributed by atoms with Crippen LogP contribution in [0.3, 0.4) is 0 Å². The predicted molar refractivity (Wildman–Crippen MR) is 124 cm³/mol. The molecular formula is C21H26N8S. The molecule has 9 heteroatoms. The minimum atomic E-state index is 0.280. The quantitative estimate of drug-likeness (QED) is 0.545. The Hall–Kier alpha value is -3.09. The number of aryl methyl sites for hydroxylation is 2. The van der Waals surface area contributed by atoms with Crippen molar-refractivity contribution < 1.29 is 0 Å². The van der Waals surface area contributed by atoms with Gasteiger partial charge in [-0.1, -0.05) is 0 Å². The highest BCUT2D eigenvalue weighted by Gasteiger charge is 2.17. The normalized spacial score (nSPS) is 15.7. The van der Waals surface area contributed by atoms with Gasteiger partial charge in [0.05, 0.1) is 38.7 Å². The topological polar surface area (TPSA) is 92.8 Å². The number of nitrogens with zero attached hydrogens (tertiary/aromatic N) is 7. The van der Waals surface area contributed by atoms with Crippen LogP contribution in [0.1, 0.15) is 15.6 Å². The van der Waals surface area contributed by atoms with Crippen molar-refractivity contribution in [1.29, 1.82) is 5.26 Å². The zero-order chi connectivity index (χ0) is 21.5. The van der Waals surface area contributed by atoms with E-state index in [0.717, 1.165) is 53.3 Å². The molecule has 1 fully saturated rings. The lowest BCUT2D eigenvalue weighted by molar-refractivity contribution is 0.313. The molecular weight excluding hydrogens is 396 g/mol. The molecule has 0 atom stereocenters. The fourth-order valence-electron chi connectivity index (χ4n) is 3.21. The van der Waals surface area contributed by atoms with E-state index in [1.54, 1.807) is 0 Å². The van der Waals surface area contributed by atoms with E-state index in [0.29, 0.717) is 11.3 Å². The molecule has 3 rings (SSSR count). The Morgan fingerprint density at radius 2 is 2.10 bits per heavy atom. The van der Waals surface area contributed by atoms with Crippen molar-refractivity contribution in [2.45, 2.75) is 13.8 Å². The molecule has 0 amide bonds. The molecule has 0 saturated carbocycles. The first kappa shape index (κ1) is 21.6. The van der Waals surface area contributed by atoms with Gasteiger partial charge in [-0.15, -0.1) is 11.3 Å². The number of aliphatic imine (C=N–C) groups is 2. The van der Waals surface area contributed by atoms with Crippen molar-refractivity contribution in [3.63, 3.8) is 0 Å². The summed E-state index contributed by atoms with van der Waals surface area (Å²) in [5.74, 6) is 0.734. The number of piperazine rings is 1. The zero-order valence-electron chi connectivity index (χ0n) is 17.6. The second-order valence-corrected chi connectivity index (χ2v) is 8.22. The molecule has 156 valence electrons. The fourth-order valence-corrected chi connectivity index (χ4v) is 4.15. The van der Waals surface area contributed by atoms with Gasteiger partial charge in [0, 0.05) is 32.4 Å². The molecule has 0 unspecified atom stereocenters. The summed E-state index contributed by atoms with van der Waals surface area (Å²) in [6, 6.07) is 6.19. The molecule has 0 spiro atoms. The number of rotatable bonds is 7. The maximum Gasteiger partial charge on any atom is 0.127 e. The van der Waals surface area contributed by atoms with Gasteiger partial charge in [0.1, 0.15) is 18.6 Å². The van der Waals surface area contributed by atoms with Crippen LogP contribution in [0.25, 0.3) is 0 Å². The number of pyridine rings is 1. The molecule has 1 saturated heterocycles. The minimum absolute atomic E-state index is 0.280. The van der Waals surface area contributed by atoms with Gasteiger partial charge < -0.3 is 15.1 Å². The van der Waals surface area contributed by atoms with E-state index in [2.05, 4.69) is 61.0 Å². The van der Waals surface area contributed by atoms with Crippen LogP contribution < -0.4 is 10.2 Å². The highest BCUT2D eigenvalue weighted by Crippen LogP contribution is 2.22. The van der Waals surface area contributed by atoms with Crippen molar-refractivity contribution in [3.05, 3.63) is 45.7 Å². The van der Waals surface area contributed by atoms with Crippen molar-refractivity contribution in [2.75, 3.05) is 50.1 Å². The number of nitriles is 1. The molecule has 0 aliphatic carbocycles. The molecule has 30 heavy (non-hydrogen) atoms. The van der Waals surface area contributed by atoms with Gasteiger partial charge >= 0.3 is 0 Å². The van der Waals surface area contributed by atoms with E-state index in [4.69, 9.17) is 0 Å². The van der Waals surface area contributed by atoms with E-state index in [9.17, 15) is 5.26 Å². The lowest BCUT2D eigenvalue weighted by Gasteiger charge is -2.33. The molecule has 1 aliphatic heterocycles. The third-order valence-electron chi connectivity index (χ3n) is 4.83. The van der Waals surface area contributed by atoms with Gasteiger partial charge in [-0.3, -0.25) is 9.98 Å². The Morgan fingerprint density at radius 3 is 2.67 bits per heavy atom. The molecule has 0 aromatic carbocycles. The monoisotopic (exact) mass is 422 g/mol. The molecule has 2 aromatic heterocycles. The van der Waals surface area contributed by atoms with Crippen LogP contribution in [-0.2, 0) is 0 Å². The van der Waals surface area contributed by atoms with Gasteiger partial charge in [0.25, 0.3) is 0 Å². The molecule has 3 heterocycles. The molecule has 2 aromatic rings. The van der Waals surface area contributed by atoms with Gasteiger partial charge in [-0.25, -0.2) is 9.97 Å². The Kier molecular flexibility index (Phi) is 7.27. The van der Waals surface area contributed by atoms with Crippen LogP contribution in [0.2, 0.25) is 0 Å². The van der Waals surface area contributed by atoms with Crippen molar-refractivity contribution >= 4 is 35.3 Å². The van der Waals surface area contributed by atoms with E-state index in [-0.39, 0.29) is 6.67 Å². The maximum absolute atomic E-state index is 9.53. The first-order valence-corrected chi connectivity index (χ1v) is 10.5. The SMILES string of the molecule is C=N/C=C(C#N)\C(=N/CNc1ccc(N2CCN(C)CC2)cn1)c1sc(C)nc1C. The van der Waals surface area contributed by atoms with Gasteiger partial charge in [0.15, 0.2) is 0 Å². The van der Waals surface area contributed by atoms with E-state index < -0.39 is 0 Å². The molecule has 8 nitrogen and oxygen atoms in total. The Bertz CT molecular complexity index is 975. The first-order valence-electron chi connectivity index (χ1n) is 9.70. The second kappa shape index (κ2) is 10.1. The summed E-state index contributed by atoms with van der Waals surface area (Å²) >= 11 is 1.51. The van der Waals surface area contributed by atoms with Gasteiger partial charge in [-0.05, 0) is 39.7 Å². The Labute approximate surface area is 181 Å².